The first-order chi connectivity index (χ1) is 12.3. The zero-order valence-electron chi connectivity index (χ0n) is 15.3. The van der Waals surface area contributed by atoms with Crippen LogP contribution in [0.5, 0.6) is 0 Å². The Morgan fingerprint density at radius 1 is 1.08 bits per heavy atom. The second-order valence-corrected chi connectivity index (χ2v) is 9.36. The molecule has 2 heterocycles. The summed E-state index contributed by atoms with van der Waals surface area (Å²) in [5, 5.41) is -0.545. The molecule has 0 amide bonds. The van der Waals surface area contributed by atoms with Crippen LogP contribution in [0.2, 0.25) is 0 Å². The van der Waals surface area contributed by atoms with Crippen LogP contribution in [0.25, 0.3) is 11.3 Å². The molecule has 0 N–H and O–H groups in total. The number of piperazine rings is 1. The van der Waals surface area contributed by atoms with E-state index in [9.17, 15) is 13.2 Å². The lowest BCUT2D eigenvalue weighted by molar-refractivity contribution is 0.110. The molecule has 1 fully saturated rings. The summed E-state index contributed by atoms with van der Waals surface area (Å²) in [7, 11) is -1.40. The van der Waals surface area contributed by atoms with Crippen molar-refractivity contribution in [2.75, 3.05) is 38.1 Å². The highest BCUT2D eigenvalue weighted by Gasteiger charge is 2.26. The van der Waals surface area contributed by atoms with E-state index >= 15 is 0 Å². The van der Waals surface area contributed by atoms with Crippen molar-refractivity contribution in [3.63, 3.8) is 0 Å². The number of anilines is 1. The van der Waals surface area contributed by atoms with Crippen molar-refractivity contribution in [1.82, 2.24) is 4.90 Å². The fourth-order valence-electron chi connectivity index (χ4n) is 3.03. The lowest BCUT2D eigenvalue weighted by Gasteiger charge is -2.34. The van der Waals surface area contributed by atoms with Crippen molar-refractivity contribution in [1.29, 1.82) is 0 Å². The maximum atomic E-state index is 12.8. The van der Waals surface area contributed by atoms with E-state index in [-0.39, 0.29) is 10.7 Å². The number of carbonyl (C=O) groups is 1. The van der Waals surface area contributed by atoms with Gasteiger partial charge in [0.1, 0.15) is 5.76 Å². The molecule has 0 atom stereocenters. The van der Waals surface area contributed by atoms with Gasteiger partial charge < -0.3 is 14.2 Å². The Hall–Kier alpha value is -2.12. The van der Waals surface area contributed by atoms with Gasteiger partial charge in [0, 0.05) is 37.4 Å². The van der Waals surface area contributed by atoms with Gasteiger partial charge in [-0.15, -0.1) is 0 Å². The van der Waals surface area contributed by atoms with E-state index in [2.05, 4.69) is 16.8 Å². The minimum Gasteiger partial charge on any atom is -0.453 e. The monoisotopic (exact) mass is 376 g/mol. The van der Waals surface area contributed by atoms with Gasteiger partial charge in [-0.25, -0.2) is 8.42 Å². The van der Waals surface area contributed by atoms with E-state index in [1.165, 1.54) is 0 Å². The summed E-state index contributed by atoms with van der Waals surface area (Å²) in [6.07, 6.45) is 0.616. The van der Waals surface area contributed by atoms with Crippen LogP contribution in [0.1, 0.15) is 24.4 Å². The van der Waals surface area contributed by atoms with Gasteiger partial charge in [-0.2, -0.15) is 0 Å². The van der Waals surface area contributed by atoms with Gasteiger partial charge in [0.25, 0.3) is 0 Å². The molecule has 26 heavy (non-hydrogen) atoms. The van der Waals surface area contributed by atoms with Crippen LogP contribution in [0.3, 0.4) is 0 Å². The fraction of sp³-hybridized carbons (Fsp3) is 0.421. The van der Waals surface area contributed by atoms with E-state index in [1.807, 2.05) is 12.1 Å². The molecule has 0 aliphatic carbocycles. The SMILES string of the molecule is CC(C)S(=O)(=O)c1ccc(N2CCN(C)CC2)cc1-c1ccc(C=O)o1. The van der Waals surface area contributed by atoms with Gasteiger partial charge in [0.05, 0.1) is 10.1 Å². The predicted molar refractivity (Wildman–Crippen MR) is 102 cm³/mol. The number of furan rings is 1. The lowest BCUT2D eigenvalue weighted by atomic mass is 10.1. The molecule has 1 aliphatic heterocycles. The van der Waals surface area contributed by atoms with Gasteiger partial charge in [0.15, 0.2) is 21.9 Å². The van der Waals surface area contributed by atoms with Crippen molar-refractivity contribution < 1.29 is 17.6 Å². The van der Waals surface area contributed by atoms with Gasteiger partial charge in [-0.05, 0) is 51.2 Å². The van der Waals surface area contributed by atoms with Crippen LogP contribution in [-0.4, -0.2) is 58.1 Å². The Labute approximate surface area is 154 Å². The molecular weight excluding hydrogens is 352 g/mol. The first kappa shape index (κ1) is 18.7. The first-order valence-electron chi connectivity index (χ1n) is 8.69. The highest BCUT2D eigenvalue weighted by atomic mass is 32.2. The molecule has 6 nitrogen and oxygen atoms in total. The Morgan fingerprint density at radius 2 is 1.77 bits per heavy atom. The van der Waals surface area contributed by atoms with E-state index in [0.29, 0.717) is 17.6 Å². The maximum absolute atomic E-state index is 12.8. The summed E-state index contributed by atoms with van der Waals surface area (Å²) >= 11 is 0. The molecule has 140 valence electrons. The largest absolute Gasteiger partial charge is 0.453 e. The number of rotatable bonds is 5. The molecule has 0 unspecified atom stereocenters. The fourth-order valence-corrected chi connectivity index (χ4v) is 4.27. The number of carbonyl (C=O) groups excluding carboxylic acids is 1. The number of sulfone groups is 1. The number of benzene rings is 1. The molecule has 2 aromatic rings. The molecule has 0 radical (unpaired) electrons. The van der Waals surface area contributed by atoms with Crippen LogP contribution in [0.4, 0.5) is 5.69 Å². The van der Waals surface area contributed by atoms with Crippen molar-refractivity contribution in [3.05, 3.63) is 36.1 Å². The van der Waals surface area contributed by atoms with Crippen molar-refractivity contribution >= 4 is 21.8 Å². The third-order valence-electron chi connectivity index (χ3n) is 4.77. The molecule has 1 aliphatic rings. The molecule has 1 aromatic carbocycles. The van der Waals surface area contributed by atoms with Gasteiger partial charge >= 0.3 is 0 Å². The minimum absolute atomic E-state index is 0.179. The quantitative estimate of drug-likeness (QED) is 0.747. The normalized spacial score (nSPS) is 16.2. The minimum atomic E-state index is -3.48. The van der Waals surface area contributed by atoms with Crippen molar-refractivity contribution in [3.8, 4) is 11.3 Å². The second-order valence-electron chi connectivity index (χ2n) is 6.88. The molecule has 0 saturated carbocycles. The highest BCUT2D eigenvalue weighted by molar-refractivity contribution is 7.92. The molecular formula is C19H24N2O4S. The summed E-state index contributed by atoms with van der Waals surface area (Å²) in [5.74, 6) is 0.570. The molecule has 0 spiro atoms. The Bertz CT molecular complexity index is 894. The third-order valence-corrected chi connectivity index (χ3v) is 6.98. The maximum Gasteiger partial charge on any atom is 0.185 e. The number of likely N-dealkylation sites (N-methyl/N-ethyl adjacent to an activating group) is 1. The number of nitrogens with zero attached hydrogens (tertiary/aromatic N) is 2. The van der Waals surface area contributed by atoms with Crippen molar-refractivity contribution in [2.45, 2.75) is 24.0 Å². The van der Waals surface area contributed by atoms with Crippen LogP contribution in [0, 0.1) is 0 Å². The average Bonchev–Trinajstić information content (AvgIpc) is 3.11. The Kier molecular flexibility index (Phi) is 5.20. The number of hydrogen-bond acceptors (Lipinski definition) is 6. The highest BCUT2D eigenvalue weighted by Crippen LogP contribution is 2.34. The molecule has 7 heteroatoms. The average molecular weight is 376 g/mol. The van der Waals surface area contributed by atoms with E-state index in [4.69, 9.17) is 4.42 Å². The lowest BCUT2D eigenvalue weighted by Crippen LogP contribution is -2.44. The Morgan fingerprint density at radius 3 is 2.35 bits per heavy atom. The second kappa shape index (κ2) is 7.25. The van der Waals surface area contributed by atoms with Crippen LogP contribution in [-0.2, 0) is 9.84 Å². The first-order valence-corrected chi connectivity index (χ1v) is 10.2. The zero-order chi connectivity index (χ0) is 18.9. The number of aldehydes is 1. The topological polar surface area (TPSA) is 70.8 Å². The van der Waals surface area contributed by atoms with Gasteiger partial charge in [-0.3, -0.25) is 4.79 Å². The van der Waals surface area contributed by atoms with Crippen LogP contribution >= 0.6 is 0 Å². The van der Waals surface area contributed by atoms with Crippen LogP contribution < -0.4 is 4.90 Å². The van der Waals surface area contributed by atoms with E-state index in [0.717, 1.165) is 31.9 Å². The smallest absolute Gasteiger partial charge is 0.185 e. The summed E-state index contributed by atoms with van der Waals surface area (Å²) < 4.78 is 31.1. The predicted octanol–water partition coefficient (Wildman–Crippen LogP) is 2.69. The standard InChI is InChI=1S/C19H24N2O4S/c1-14(2)26(23,24)19-7-4-15(21-10-8-20(3)9-11-21)12-17(19)18-6-5-16(13-22)25-18/h4-7,12-14H,8-11H2,1-3H3. The summed E-state index contributed by atoms with van der Waals surface area (Å²) in [4.78, 5) is 15.7. The zero-order valence-corrected chi connectivity index (χ0v) is 16.1. The number of hydrogen-bond donors (Lipinski definition) is 0. The molecule has 1 saturated heterocycles. The van der Waals surface area contributed by atoms with Crippen molar-refractivity contribution in [2.24, 2.45) is 0 Å². The van der Waals surface area contributed by atoms with Gasteiger partial charge in [0.2, 0.25) is 0 Å². The Balaban J connectivity index is 2.09. The van der Waals surface area contributed by atoms with Crippen LogP contribution in [0.15, 0.2) is 39.6 Å². The summed E-state index contributed by atoms with van der Waals surface area (Å²) in [6, 6.07) is 8.56. The summed E-state index contributed by atoms with van der Waals surface area (Å²) in [5.41, 5.74) is 1.46. The molecule has 0 bridgehead atoms. The van der Waals surface area contributed by atoms with Gasteiger partial charge in [-0.1, -0.05) is 0 Å². The van der Waals surface area contributed by atoms with E-state index in [1.54, 1.807) is 32.0 Å². The molecule has 3 rings (SSSR count). The molecule has 1 aromatic heterocycles. The summed E-state index contributed by atoms with van der Waals surface area (Å²) in [6.45, 7) is 6.99. The van der Waals surface area contributed by atoms with E-state index < -0.39 is 15.1 Å². The third kappa shape index (κ3) is 3.54.